The number of ether oxygens (including phenoxy) is 2. The van der Waals surface area contributed by atoms with Gasteiger partial charge in [0.05, 0.1) is 16.7 Å². The Morgan fingerprint density at radius 2 is 1.30 bits per heavy atom. The smallest absolute Gasteiger partial charge is 0.337 e. The van der Waals surface area contributed by atoms with Gasteiger partial charge >= 0.3 is 11.9 Å². The fraction of sp³-hybridized carbons (Fsp3) is 0.692. The van der Waals surface area contributed by atoms with Gasteiger partial charge in [-0.3, -0.25) is 0 Å². The number of nitrogens with zero attached hydrogens (tertiary/aromatic N) is 1. The van der Waals surface area contributed by atoms with Gasteiger partial charge in [-0.2, -0.15) is 0 Å². The van der Waals surface area contributed by atoms with Crippen molar-refractivity contribution < 1.29 is 24.3 Å². The van der Waals surface area contributed by atoms with E-state index < -0.39 is 40.1 Å². The maximum absolute atomic E-state index is 13.4. The van der Waals surface area contributed by atoms with E-state index in [0.717, 1.165) is 10.6 Å². The number of rotatable bonds is 3. The number of hydroxylamine groups is 2. The van der Waals surface area contributed by atoms with Crippen molar-refractivity contribution in [3.8, 4) is 0 Å². The predicted octanol–water partition coefficient (Wildman–Crippen LogP) is 4.97. The van der Waals surface area contributed by atoms with E-state index in [2.05, 4.69) is 5.32 Å². The van der Waals surface area contributed by atoms with Gasteiger partial charge in [-0.25, -0.2) is 9.59 Å². The molecular weight excluding hydrogens is 420 g/mol. The molecule has 0 saturated carbocycles. The first-order valence-corrected chi connectivity index (χ1v) is 11.5. The molecule has 2 aliphatic heterocycles. The Bertz CT molecular complexity index is 873. The third kappa shape index (κ3) is 6.07. The number of dihydropyridines is 1. The summed E-state index contributed by atoms with van der Waals surface area (Å²) >= 11 is 0. The van der Waals surface area contributed by atoms with Gasteiger partial charge in [-0.1, -0.05) is 11.6 Å². The molecule has 1 N–H and O–H groups in total. The molecule has 0 spiro atoms. The second-order valence-corrected chi connectivity index (χ2v) is 12.3. The summed E-state index contributed by atoms with van der Waals surface area (Å²) in [6, 6.07) is 0. The molecule has 2 heterocycles. The first-order chi connectivity index (χ1) is 14.7. The molecule has 0 amide bonds. The van der Waals surface area contributed by atoms with E-state index in [1.165, 1.54) is 0 Å². The van der Waals surface area contributed by atoms with Crippen LogP contribution in [0.5, 0.6) is 0 Å². The van der Waals surface area contributed by atoms with Crippen LogP contribution in [-0.4, -0.2) is 39.3 Å². The minimum Gasteiger partial charge on any atom is -0.457 e. The molecule has 0 atom stereocenters. The van der Waals surface area contributed by atoms with Crippen LogP contribution in [0.15, 0.2) is 34.2 Å². The van der Waals surface area contributed by atoms with Gasteiger partial charge in [0.25, 0.3) is 0 Å². The Morgan fingerprint density at radius 1 is 0.909 bits per heavy atom. The van der Waals surface area contributed by atoms with Gasteiger partial charge in [0.1, 0.15) is 11.2 Å². The molecule has 33 heavy (non-hydrogen) atoms. The zero-order chi connectivity index (χ0) is 25.7. The summed E-state index contributed by atoms with van der Waals surface area (Å²) in [5.74, 6) is -1.66. The summed E-state index contributed by atoms with van der Waals surface area (Å²) in [7, 11) is 0. The van der Waals surface area contributed by atoms with Gasteiger partial charge in [-0.15, -0.1) is 10.3 Å². The van der Waals surface area contributed by atoms with Crippen molar-refractivity contribution in [3.05, 3.63) is 34.2 Å². The number of esters is 2. The normalized spacial score (nSPS) is 22.0. The first kappa shape index (κ1) is 27.1. The molecule has 7 heteroatoms. The van der Waals surface area contributed by atoms with Crippen LogP contribution in [0.1, 0.15) is 89.5 Å². The summed E-state index contributed by atoms with van der Waals surface area (Å²) in [5.41, 5.74) is -0.132. The third-order valence-electron chi connectivity index (χ3n) is 5.62. The second-order valence-electron chi connectivity index (χ2n) is 12.3. The fourth-order valence-corrected chi connectivity index (χ4v) is 4.67. The lowest BCUT2D eigenvalue weighted by atomic mass is 9.72. The average Bonchev–Trinajstić information content (AvgIpc) is 2.54. The van der Waals surface area contributed by atoms with Crippen molar-refractivity contribution in [3.63, 3.8) is 0 Å². The van der Waals surface area contributed by atoms with Gasteiger partial charge < -0.3 is 14.8 Å². The van der Waals surface area contributed by atoms with Gasteiger partial charge in [0, 0.05) is 22.9 Å². The highest BCUT2D eigenvalue weighted by Gasteiger charge is 2.48. The molecule has 0 aromatic rings. The monoisotopic (exact) mass is 461 g/mol. The molecule has 0 fully saturated rings. The molecule has 0 aliphatic carbocycles. The van der Waals surface area contributed by atoms with E-state index in [0.29, 0.717) is 29.0 Å². The number of carbonyl (C=O) groups excluding carboxylic acids is 2. The average molecular weight is 462 g/mol. The van der Waals surface area contributed by atoms with E-state index in [1.807, 2.05) is 75.3 Å². The molecule has 2 aliphatic rings. The van der Waals surface area contributed by atoms with Crippen LogP contribution >= 0.6 is 0 Å². The van der Waals surface area contributed by atoms with Gasteiger partial charge in [0.15, 0.2) is 0 Å². The van der Waals surface area contributed by atoms with E-state index >= 15 is 0 Å². The van der Waals surface area contributed by atoms with Crippen molar-refractivity contribution in [2.75, 3.05) is 0 Å². The van der Waals surface area contributed by atoms with Crippen LogP contribution in [0.3, 0.4) is 0 Å². The Labute approximate surface area is 198 Å². The Kier molecular flexibility index (Phi) is 7.06. The predicted molar refractivity (Wildman–Crippen MR) is 127 cm³/mol. The van der Waals surface area contributed by atoms with Crippen molar-refractivity contribution in [2.24, 2.45) is 5.92 Å². The molecular formula is C26H41N2O5. The lowest BCUT2D eigenvalue weighted by molar-refractivity contribution is -0.263. The highest BCUT2D eigenvalue weighted by atomic mass is 16.6. The molecule has 0 bridgehead atoms. The van der Waals surface area contributed by atoms with Gasteiger partial charge in [0.2, 0.25) is 0 Å². The van der Waals surface area contributed by atoms with Crippen molar-refractivity contribution in [1.29, 1.82) is 0 Å². The lowest BCUT2D eigenvalue weighted by Crippen LogP contribution is -2.55. The topological polar surface area (TPSA) is 87.8 Å². The van der Waals surface area contributed by atoms with Crippen molar-refractivity contribution >= 4 is 11.9 Å². The largest absolute Gasteiger partial charge is 0.457 e. The molecule has 2 rings (SSSR count). The van der Waals surface area contributed by atoms with E-state index in [4.69, 9.17) is 9.47 Å². The summed E-state index contributed by atoms with van der Waals surface area (Å²) in [4.78, 5) is 26.9. The zero-order valence-corrected chi connectivity index (χ0v) is 22.4. The van der Waals surface area contributed by atoms with Crippen LogP contribution in [-0.2, 0) is 24.3 Å². The highest BCUT2D eigenvalue weighted by Crippen LogP contribution is 2.45. The van der Waals surface area contributed by atoms with Crippen molar-refractivity contribution in [1.82, 2.24) is 10.4 Å². The summed E-state index contributed by atoms with van der Waals surface area (Å²) < 4.78 is 11.5. The molecule has 0 aromatic heterocycles. The zero-order valence-electron chi connectivity index (χ0n) is 22.4. The summed E-state index contributed by atoms with van der Waals surface area (Å²) in [5, 5.41) is 17.3. The van der Waals surface area contributed by atoms with E-state index in [9.17, 15) is 14.8 Å². The minimum atomic E-state index is -0.818. The highest BCUT2D eigenvalue weighted by molar-refractivity contribution is 5.99. The number of nitrogens with one attached hydrogen (secondary N) is 1. The molecule has 0 unspecified atom stereocenters. The lowest BCUT2D eigenvalue weighted by Gasteiger charge is -2.47. The maximum atomic E-state index is 13.4. The first-order valence-electron chi connectivity index (χ1n) is 11.5. The number of hydrogen-bond acceptors (Lipinski definition) is 6. The van der Waals surface area contributed by atoms with Gasteiger partial charge in [-0.05, 0) is 89.5 Å². The second kappa shape index (κ2) is 8.58. The molecule has 1 radical (unpaired) electrons. The van der Waals surface area contributed by atoms with E-state index in [1.54, 1.807) is 13.8 Å². The Hall–Kier alpha value is -2.12. The Balaban J connectivity index is 2.75. The quantitative estimate of drug-likeness (QED) is 0.471. The van der Waals surface area contributed by atoms with Crippen molar-refractivity contribution in [2.45, 2.75) is 112 Å². The molecule has 7 nitrogen and oxygen atoms in total. The maximum Gasteiger partial charge on any atom is 0.337 e. The summed E-state index contributed by atoms with van der Waals surface area (Å²) in [6.45, 7) is 21.9. The SMILES string of the molecule is CC1=C(C(=O)OC(C)(C)C)C(C2=CC(C)(C)N([O])C(C)(C)C2)C(C(=O)OC(C)(C)C)=C(C)N1. The van der Waals surface area contributed by atoms with Crippen LogP contribution < -0.4 is 5.32 Å². The van der Waals surface area contributed by atoms with Crippen LogP contribution in [0.4, 0.5) is 0 Å². The number of allylic oxidation sites excluding steroid dienone is 2. The number of hydrogen-bond donors (Lipinski definition) is 1. The third-order valence-corrected chi connectivity index (χ3v) is 5.62. The van der Waals surface area contributed by atoms with E-state index in [-0.39, 0.29) is 0 Å². The van der Waals surface area contributed by atoms with Crippen LogP contribution in [0, 0.1) is 5.92 Å². The minimum absolute atomic E-state index is 0.369. The molecule has 0 aromatic carbocycles. The van der Waals surface area contributed by atoms with Crippen LogP contribution in [0.2, 0.25) is 0 Å². The molecule has 0 saturated heterocycles. The molecule has 185 valence electrons. The van der Waals surface area contributed by atoms with Crippen LogP contribution in [0.25, 0.3) is 0 Å². The fourth-order valence-electron chi connectivity index (χ4n) is 4.67. The summed E-state index contributed by atoms with van der Waals surface area (Å²) in [6.07, 6.45) is 2.28. The standard InChI is InChI=1S/C26H41N2O5/c1-15-18(21(29)32-23(3,4)5)20(17-13-25(9,10)28(31)26(11,12)14-17)19(16(2)27-15)22(30)33-24(6,7)8/h13,20,27H,14H2,1-12H3. The Morgan fingerprint density at radius 3 is 1.64 bits per heavy atom. The number of carbonyl (C=O) groups is 2.